The Hall–Kier alpha value is -6.07. The minimum Gasteiger partial charge on any atom is -0.279 e. The highest BCUT2D eigenvalue weighted by atomic mass is 15.3. The van der Waals surface area contributed by atoms with Crippen LogP contribution in [0.3, 0.4) is 0 Å². The van der Waals surface area contributed by atoms with Crippen LogP contribution in [0, 0.1) is 0 Å². The van der Waals surface area contributed by atoms with Crippen molar-refractivity contribution in [3.63, 3.8) is 0 Å². The summed E-state index contributed by atoms with van der Waals surface area (Å²) in [5.41, 5.74) is 10.1. The van der Waals surface area contributed by atoms with Gasteiger partial charge in [-0.3, -0.25) is 9.47 Å². The van der Waals surface area contributed by atoms with Gasteiger partial charge in [-0.2, -0.15) is 15.0 Å². The highest BCUT2D eigenvalue weighted by Gasteiger charge is 2.36. The van der Waals surface area contributed by atoms with Gasteiger partial charge in [0.1, 0.15) is 0 Å². The molecule has 0 unspecified atom stereocenters. The number of benzene rings is 6. The van der Waals surface area contributed by atoms with Crippen LogP contribution in [0.5, 0.6) is 0 Å². The first-order chi connectivity index (χ1) is 23.1. The van der Waals surface area contributed by atoms with Crippen molar-refractivity contribution in [2.45, 2.75) is 19.3 Å². The Morgan fingerprint density at radius 3 is 1.85 bits per heavy atom. The van der Waals surface area contributed by atoms with E-state index in [2.05, 4.69) is 120 Å². The van der Waals surface area contributed by atoms with Crippen LogP contribution < -0.4 is 4.90 Å². The average Bonchev–Trinajstić information content (AvgIpc) is 3.57. The van der Waals surface area contributed by atoms with Crippen LogP contribution in [-0.4, -0.2) is 19.5 Å². The Morgan fingerprint density at radius 1 is 0.511 bits per heavy atom. The molecule has 2 aromatic heterocycles. The quantitative estimate of drug-likeness (QED) is 0.196. The molecule has 0 radical (unpaired) electrons. The summed E-state index contributed by atoms with van der Waals surface area (Å²) in [5, 5.41) is 2.36. The zero-order valence-corrected chi connectivity index (χ0v) is 26.2. The van der Waals surface area contributed by atoms with Crippen LogP contribution >= 0.6 is 0 Å². The first-order valence-corrected chi connectivity index (χ1v) is 16.0. The minimum atomic E-state index is -0.101. The fourth-order valence-corrected chi connectivity index (χ4v) is 7.18. The summed E-state index contributed by atoms with van der Waals surface area (Å²) in [6.45, 7) is 4.66. The van der Waals surface area contributed by atoms with Crippen molar-refractivity contribution < 1.29 is 0 Å². The Bertz CT molecular complexity index is 2390. The second-order valence-corrected chi connectivity index (χ2v) is 12.6. The molecule has 5 heteroatoms. The van der Waals surface area contributed by atoms with Crippen LogP contribution in [0.25, 0.3) is 50.3 Å². The lowest BCUT2D eigenvalue weighted by atomic mass is 9.82. The summed E-state index contributed by atoms with van der Waals surface area (Å²) in [6.07, 6.45) is 0. The third-order valence-corrected chi connectivity index (χ3v) is 9.45. The zero-order valence-electron chi connectivity index (χ0n) is 26.2. The lowest BCUT2D eigenvalue weighted by molar-refractivity contribution is 0.661. The molecule has 0 N–H and O–H groups in total. The minimum absolute atomic E-state index is 0.101. The third kappa shape index (κ3) is 4.27. The SMILES string of the molecule is CC1(C)c2ccccc2-c2cc3c(cc21)c1ccccc1n3-c1nc(-c2ccccc2)nc(N(c2ccccc2)c2ccccc2)n1. The molecule has 1 aliphatic carbocycles. The maximum atomic E-state index is 5.29. The molecule has 0 bridgehead atoms. The Balaban J connectivity index is 1.36. The van der Waals surface area contributed by atoms with Crippen molar-refractivity contribution in [1.82, 2.24) is 19.5 Å². The number of aromatic nitrogens is 4. The van der Waals surface area contributed by atoms with Gasteiger partial charge in [0, 0.05) is 33.1 Å². The van der Waals surface area contributed by atoms with Gasteiger partial charge in [0.05, 0.1) is 11.0 Å². The molecule has 0 amide bonds. The number of nitrogens with zero attached hydrogens (tertiary/aromatic N) is 5. The molecule has 5 nitrogen and oxygen atoms in total. The first-order valence-electron chi connectivity index (χ1n) is 16.0. The van der Waals surface area contributed by atoms with Crippen LogP contribution in [0.2, 0.25) is 0 Å². The lowest BCUT2D eigenvalue weighted by Gasteiger charge is -2.24. The fraction of sp³-hybridized carbons (Fsp3) is 0.0714. The molecule has 1 aliphatic rings. The molecule has 0 saturated carbocycles. The number of anilines is 3. The summed E-state index contributed by atoms with van der Waals surface area (Å²) in [6, 6.07) is 52.8. The molecule has 8 aromatic rings. The van der Waals surface area contributed by atoms with Gasteiger partial charge in [0.2, 0.25) is 11.9 Å². The highest BCUT2D eigenvalue weighted by molar-refractivity contribution is 6.11. The maximum absolute atomic E-state index is 5.29. The van der Waals surface area contributed by atoms with E-state index in [0.717, 1.165) is 28.0 Å². The lowest BCUT2D eigenvalue weighted by Crippen LogP contribution is -2.16. The van der Waals surface area contributed by atoms with Gasteiger partial charge in [-0.05, 0) is 64.7 Å². The Labute approximate surface area is 273 Å². The predicted molar refractivity (Wildman–Crippen MR) is 192 cm³/mol. The smallest absolute Gasteiger partial charge is 0.240 e. The largest absolute Gasteiger partial charge is 0.279 e. The highest BCUT2D eigenvalue weighted by Crippen LogP contribution is 2.51. The summed E-state index contributed by atoms with van der Waals surface area (Å²) in [5.74, 6) is 1.73. The van der Waals surface area contributed by atoms with E-state index in [1.165, 1.54) is 33.0 Å². The van der Waals surface area contributed by atoms with E-state index in [0.29, 0.717) is 17.7 Å². The van der Waals surface area contributed by atoms with Crippen molar-refractivity contribution in [1.29, 1.82) is 0 Å². The van der Waals surface area contributed by atoms with Crippen LogP contribution in [0.15, 0.2) is 152 Å². The van der Waals surface area contributed by atoms with E-state index in [1.807, 2.05) is 54.6 Å². The molecule has 6 aromatic carbocycles. The number of hydrogen-bond donors (Lipinski definition) is 0. The van der Waals surface area contributed by atoms with Gasteiger partial charge >= 0.3 is 0 Å². The summed E-state index contributed by atoms with van der Waals surface area (Å²) < 4.78 is 2.21. The molecular formula is C42H31N5. The maximum Gasteiger partial charge on any atom is 0.240 e. The first kappa shape index (κ1) is 27.3. The van der Waals surface area contributed by atoms with Crippen LogP contribution in [-0.2, 0) is 5.41 Å². The third-order valence-electron chi connectivity index (χ3n) is 9.45. The van der Waals surface area contributed by atoms with Gasteiger partial charge < -0.3 is 0 Å². The topological polar surface area (TPSA) is 46.8 Å². The van der Waals surface area contributed by atoms with Gasteiger partial charge in [0.15, 0.2) is 5.82 Å². The molecule has 224 valence electrons. The van der Waals surface area contributed by atoms with Gasteiger partial charge in [-0.25, -0.2) is 0 Å². The molecule has 47 heavy (non-hydrogen) atoms. The standard InChI is InChI=1S/C42H31N5/c1-42(2)35-24-14-12-22-31(35)33-27-38-34(26-36(33)42)32-23-13-15-25-37(32)47(38)41-44-39(28-16-6-3-7-17-28)43-40(45-41)46(29-18-8-4-9-19-29)30-20-10-5-11-21-30/h3-27H,1-2H3. The van der Waals surface area contributed by atoms with E-state index in [9.17, 15) is 0 Å². The number of para-hydroxylation sites is 3. The summed E-state index contributed by atoms with van der Waals surface area (Å²) in [7, 11) is 0. The molecule has 2 heterocycles. The van der Waals surface area contributed by atoms with Crippen molar-refractivity contribution in [2.75, 3.05) is 4.90 Å². The number of rotatable bonds is 5. The van der Waals surface area contributed by atoms with E-state index < -0.39 is 0 Å². The van der Waals surface area contributed by atoms with Crippen molar-refractivity contribution >= 4 is 39.1 Å². The molecule has 0 spiro atoms. The second-order valence-electron chi connectivity index (χ2n) is 12.6. The van der Waals surface area contributed by atoms with Crippen LogP contribution in [0.1, 0.15) is 25.0 Å². The monoisotopic (exact) mass is 605 g/mol. The van der Waals surface area contributed by atoms with Crippen molar-refractivity contribution in [3.05, 3.63) is 163 Å². The number of hydrogen-bond acceptors (Lipinski definition) is 4. The zero-order chi connectivity index (χ0) is 31.5. The Kier molecular flexibility index (Phi) is 6.09. The van der Waals surface area contributed by atoms with E-state index >= 15 is 0 Å². The van der Waals surface area contributed by atoms with E-state index in [4.69, 9.17) is 15.0 Å². The van der Waals surface area contributed by atoms with Crippen molar-refractivity contribution in [2.24, 2.45) is 0 Å². The molecule has 0 aliphatic heterocycles. The Morgan fingerprint density at radius 2 is 1.13 bits per heavy atom. The van der Waals surface area contributed by atoms with Gasteiger partial charge in [-0.15, -0.1) is 0 Å². The normalized spacial score (nSPS) is 13.1. The second kappa shape index (κ2) is 10.5. The van der Waals surface area contributed by atoms with Gasteiger partial charge in [-0.1, -0.05) is 123 Å². The van der Waals surface area contributed by atoms with Crippen molar-refractivity contribution in [3.8, 4) is 28.5 Å². The predicted octanol–water partition coefficient (Wildman–Crippen LogP) is 10.4. The fourth-order valence-electron chi connectivity index (χ4n) is 7.18. The number of fused-ring (bicyclic) bond motifs is 6. The average molecular weight is 606 g/mol. The molecular weight excluding hydrogens is 574 g/mol. The van der Waals surface area contributed by atoms with E-state index in [-0.39, 0.29) is 5.41 Å². The summed E-state index contributed by atoms with van der Waals surface area (Å²) >= 11 is 0. The van der Waals surface area contributed by atoms with Gasteiger partial charge in [0.25, 0.3) is 0 Å². The molecule has 9 rings (SSSR count). The van der Waals surface area contributed by atoms with Crippen LogP contribution in [0.4, 0.5) is 17.3 Å². The van der Waals surface area contributed by atoms with E-state index in [1.54, 1.807) is 0 Å². The molecule has 0 atom stereocenters. The molecule has 0 fully saturated rings. The summed E-state index contributed by atoms with van der Waals surface area (Å²) in [4.78, 5) is 17.7. The molecule has 0 saturated heterocycles.